The largest absolute Gasteiger partial charge is 0.326 e. The van der Waals surface area contributed by atoms with Crippen LogP contribution in [0.25, 0.3) is 0 Å². The van der Waals surface area contributed by atoms with Gasteiger partial charge in [-0.05, 0) is 34.9 Å². The van der Waals surface area contributed by atoms with E-state index in [4.69, 9.17) is 5.73 Å². The average Bonchev–Trinajstić information content (AvgIpc) is 2.31. The van der Waals surface area contributed by atoms with Crippen LogP contribution in [-0.4, -0.2) is 15.8 Å². The third-order valence-corrected chi connectivity index (χ3v) is 2.80. The van der Waals surface area contributed by atoms with Gasteiger partial charge in [0.05, 0.1) is 15.8 Å². The molecule has 0 aliphatic rings. The second-order valence-electron chi connectivity index (χ2n) is 4.81. The van der Waals surface area contributed by atoms with Crippen LogP contribution in [0.5, 0.6) is 0 Å². The average molecular weight is 307 g/mol. The Kier molecular flexibility index (Phi) is 3.58. The summed E-state index contributed by atoms with van der Waals surface area (Å²) in [7, 11) is 0. The quantitative estimate of drug-likeness (QED) is 0.853. The Labute approximate surface area is 99.2 Å². The first-order valence-corrected chi connectivity index (χ1v) is 5.85. The Hall–Kier alpha value is -0.100. The highest BCUT2D eigenvalue weighted by molar-refractivity contribution is 14.1. The minimum Gasteiger partial charge on any atom is -0.326 e. The summed E-state index contributed by atoms with van der Waals surface area (Å²) in [4.78, 5) is 0. The van der Waals surface area contributed by atoms with Crippen molar-refractivity contribution in [1.29, 1.82) is 0 Å². The third-order valence-electron chi connectivity index (χ3n) is 2.24. The van der Waals surface area contributed by atoms with Crippen molar-refractivity contribution in [3.8, 4) is 0 Å². The molecule has 0 fully saturated rings. The second kappa shape index (κ2) is 4.18. The van der Waals surface area contributed by atoms with Crippen molar-refractivity contribution in [2.24, 2.45) is 11.1 Å². The first-order chi connectivity index (χ1) is 6.32. The minimum absolute atomic E-state index is 0.102. The van der Waals surface area contributed by atoms with Crippen molar-refractivity contribution < 1.29 is 0 Å². The molecule has 0 aliphatic heterocycles. The third kappa shape index (κ3) is 2.70. The summed E-state index contributed by atoms with van der Waals surface area (Å²) < 4.78 is 3.13. The zero-order chi connectivity index (χ0) is 10.9. The van der Waals surface area contributed by atoms with E-state index in [-0.39, 0.29) is 17.5 Å². The maximum atomic E-state index is 6.00. The van der Waals surface area contributed by atoms with Gasteiger partial charge in [-0.1, -0.05) is 20.8 Å². The smallest absolute Gasteiger partial charge is 0.0715 e. The molecular formula is C10H18IN3. The van der Waals surface area contributed by atoms with Crippen molar-refractivity contribution in [3.63, 3.8) is 0 Å². The maximum Gasteiger partial charge on any atom is 0.0715 e. The highest BCUT2D eigenvalue weighted by atomic mass is 127. The van der Waals surface area contributed by atoms with Gasteiger partial charge in [0.25, 0.3) is 0 Å². The summed E-state index contributed by atoms with van der Waals surface area (Å²) in [6.07, 6.45) is 3.90. The van der Waals surface area contributed by atoms with Crippen LogP contribution in [0.1, 0.15) is 33.7 Å². The standard InChI is InChI=1S/C10H18IN3/c1-7(12)9(10(2,3)4)14-6-8(11)5-13-14/h5-7,9H,12H2,1-4H3. The summed E-state index contributed by atoms with van der Waals surface area (Å²) in [5, 5.41) is 4.33. The van der Waals surface area contributed by atoms with Crippen molar-refractivity contribution in [2.45, 2.75) is 39.8 Å². The Morgan fingerprint density at radius 1 is 1.50 bits per heavy atom. The number of hydrogen-bond acceptors (Lipinski definition) is 2. The van der Waals surface area contributed by atoms with Gasteiger partial charge in [0.1, 0.15) is 0 Å². The number of aromatic nitrogens is 2. The molecule has 2 atom stereocenters. The number of rotatable bonds is 2. The lowest BCUT2D eigenvalue weighted by Gasteiger charge is -2.33. The van der Waals surface area contributed by atoms with Crippen molar-refractivity contribution in [2.75, 3.05) is 0 Å². The molecule has 0 saturated heterocycles. The Balaban J connectivity index is 3.01. The predicted molar refractivity (Wildman–Crippen MR) is 67.1 cm³/mol. The lowest BCUT2D eigenvalue weighted by atomic mass is 9.83. The number of nitrogens with zero attached hydrogens (tertiary/aromatic N) is 2. The van der Waals surface area contributed by atoms with Gasteiger partial charge in [-0.25, -0.2) is 0 Å². The van der Waals surface area contributed by atoms with E-state index in [1.54, 1.807) is 0 Å². The van der Waals surface area contributed by atoms with Gasteiger partial charge in [0, 0.05) is 12.2 Å². The summed E-state index contributed by atoms with van der Waals surface area (Å²) in [5.41, 5.74) is 6.13. The van der Waals surface area contributed by atoms with E-state index in [0.29, 0.717) is 0 Å². The van der Waals surface area contributed by atoms with Crippen LogP contribution in [0.3, 0.4) is 0 Å². The zero-order valence-corrected chi connectivity index (χ0v) is 11.3. The van der Waals surface area contributed by atoms with Crippen LogP contribution >= 0.6 is 22.6 Å². The molecule has 0 aliphatic carbocycles. The molecule has 0 aromatic carbocycles. The van der Waals surface area contributed by atoms with Crippen LogP contribution in [0, 0.1) is 8.99 Å². The number of halogens is 1. The molecule has 2 unspecified atom stereocenters. The van der Waals surface area contributed by atoms with E-state index in [0.717, 1.165) is 3.57 Å². The summed E-state index contributed by atoms with van der Waals surface area (Å²) in [5.74, 6) is 0. The Morgan fingerprint density at radius 3 is 2.36 bits per heavy atom. The molecule has 1 rings (SSSR count). The molecule has 2 N–H and O–H groups in total. The highest BCUT2D eigenvalue weighted by Gasteiger charge is 2.30. The molecule has 0 radical (unpaired) electrons. The first-order valence-electron chi connectivity index (χ1n) is 4.77. The Morgan fingerprint density at radius 2 is 2.07 bits per heavy atom. The fourth-order valence-corrected chi connectivity index (χ4v) is 2.30. The molecule has 1 aromatic rings. The van der Waals surface area contributed by atoms with E-state index in [2.05, 4.69) is 48.5 Å². The summed E-state index contributed by atoms with van der Waals surface area (Å²) in [6, 6.07) is 0.344. The molecule has 0 bridgehead atoms. The fourth-order valence-electron chi connectivity index (χ4n) is 1.89. The normalized spacial score (nSPS) is 16.7. The van der Waals surface area contributed by atoms with Gasteiger partial charge in [-0.2, -0.15) is 5.10 Å². The van der Waals surface area contributed by atoms with E-state index < -0.39 is 0 Å². The number of hydrogen-bond donors (Lipinski definition) is 1. The minimum atomic E-state index is 0.102. The van der Waals surface area contributed by atoms with Gasteiger partial charge in [-0.3, -0.25) is 4.68 Å². The van der Waals surface area contributed by atoms with Gasteiger partial charge in [0.15, 0.2) is 0 Å². The van der Waals surface area contributed by atoms with Gasteiger partial charge in [0.2, 0.25) is 0 Å². The molecular weight excluding hydrogens is 289 g/mol. The molecule has 0 spiro atoms. The van der Waals surface area contributed by atoms with Gasteiger partial charge < -0.3 is 5.73 Å². The van der Waals surface area contributed by atoms with Crippen LogP contribution in [0.4, 0.5) is 0 Å². The van der Waals surface area contributed by atoms with E-state index in [1.807, 2.05) is 24.0 Å². The monoisotopic (exact) mass is 307 g/mol. The second-order valence-corrected chi connectivity index (χ2v) is 6.05. The molecule has 0 amide bonds. The zero-order valence-electron chi connectivity index (χ0n) is 9.16. The Bertz CT molecular complexity index is 299. The SMILES string of the molecule is CC(N)C(n1cc(I)cn1)C(C)(C)C. The van der Waals surface area contributed by atoms with E-state index in [9.17, 15) is 0 Å². The molecule has 1 heterocycles. The molecule has 3 nitrogen and oxygen atoms in total. The first kappa shape index (κ1) is 12.0. The molecule has 14 heavy (non-hydrogen) atoms. The lowest BCUT2D eigenvalue weighted by molar-refractivity contribution is 0.196. The van der Waals surface area contributed by atoms with Crippen LogP contribution in [-0.2, 0) is 0 Å². The fraction of sp³-hybridized carbons (Fsp3) is 0.700. The van der Waals surface area contributed by atoms with Crippen LogP contribution in [0.2, 0.25) is 0 Å². The maximum absolute atomic E-state index is 6.00. The van der Waals surface area contributed by atoms with Crippen LogP contribution in [0.15, 0.2) is 12.4 Å². The molecule has 80 valence electrons. The van der Waals surface area contributed by atoms with Crippen molar-refractivity contribution in [3.05, 3.63) is 16.0 Å². The molecule has 1 aromatic heterocycles. The topological polar surface area (TPSA) is 43.8 Å². The van der Waals surface area contributed by atoms with E-state index >= 15 is 0 Å². The van der Waals surface area contributed by atoms with Crippen molar-refractivity contribution >= 4 is 22.6 Å². The lowest BCUT2D eigenvalue weighted by Crippen LogP contribution is -2.38. The number of nitrogens with two attached hydrogens (primary N) is 1. The van der Waals surface area contributed by atoms with Crippen molar-refractivity contribution in [1.82, 2.24) is 9.78 Å². The highest BCUT2D eigenvalue weighted by Crippen LogP contribution is 2.32. The summed E-state index contributed by atoms with van der Waals surface area (Å²) in [6.45, 7) is 8.60. The van der Waals surface area contributed by atoms with Crippen LogP contribution < -0.4 is 5.73 Å². The summed E-state index contributed by atoms with van der Waals surface area (Å²) >= 11 is 2.26. The predicted octanol–water partition coefficient (Wildman–Crippen LogP) is 2.42. The molecule has 0 saturated carbocycles. The van der Waals surface area contributed by atoms with Gasteiger partial charge in [-0.15, -0.1) is 0 Å². The van der Waals surface area contributed by atoms with E-state index in [1.165, 1.54) is 0 Å². The van der Waals surface area contributed by atoms with Gasteiger partial charge >= 0.3 is 0 Å². The molecule has 4 heteroatoms.